The normalized spacial score (nSPS) is 13.5. The number of aryl methyl sites for hydroxylation is 2. The van der Waals surface area contributed by atoms with Crippen molar-refractivity contribution < 1.29 is 0 Å². The van der Waals surface area contributed by atoms with Crippen LogP contribution in [0.2, 0.25) is 5.02 Å². The topological polar surface area (TPSA) is 59.4 Å². The highest BCUT2D eigenvalue weighted by Gasteiger charge is 2.20. The van der Waals surface area contributed by atoms with E-state index < -0.39 is 0 Å². The van der Waals surface area contributed by atoms with Gasteiger partial charge in [0.2, 0.25) is 0 Å². The van der Waals surface area contributed by atoms with E-state index in [1.165, 1.54) is 17.5 Å². The van der Waals surface area contributed by atoms with Gasteiger partial charge in [-0.1, -0.05) is 29.8 Å². The van der Waals surface area contributed by atoms with Gasteiger partial charge in [-0.25, -0.2) is 4.98 Å². The Labute approximate surface area is 149 Å². The number of fused-ring (bicyclic) bond motifs is 2. The van der Waals surface area contributed by atoms with Crippen LogP contribution in [0.3, 0.4) is 0 Å². The van der Waals surface area contributed by atoms with Crippen molar-refractivity contribution in [1.29, 1.82) is 0 Å². The van der Waals surface area contributed by atoms with E-state index in [2.05, 4.69) is 33.5 Å². The van der Waals surface area contributed by atoms with Crippen LogP contribution in [0.4, 0.5) is 0 Å². The van der Waals surface area contributed by atoms with Gasteiger partial charge in [0.15, 0.2) is 0 Å². The van der Waals surface area contributed by atoms with Gasteiger partial charge in [0, 0.05) is 24.4 Å². The molecule has 0 unspecified atom stereocenters. The Kier molecular flexibility index (Phi) is 3.18. The molecular formula is C19H16ClN5. The Morgan fingerprint density at radius 1 is 1.20 bits per heavy atom. The Bertz CT molecular complexity index is 1110. The van der Waals surface area contributed by atoms with Crippen LogP contribution in [0.5, 0.6) is 0 Å². The molecule has 4 aromatic rings. The molecule has 5 rings (SSSR count). The first-order valence-electron chi connectivity index (χ1n) is 8.35. The zero-order valence-electron chi connectivity index (χ0n) is 13.8. The highest BCUT2D eigenvalue weighted by atomic mass is 35.5. The van der Waals surface area contributed by atoms with Gasteiger partial charge in [-0.2, -0.15) is 10.2 Å². The van der Waals surface area contributed by atoms with Gasteiger partial charge in [0.1, 0.15) is 11.2 Å². The number of rotatable bonds is 2. The van der Waals surface area contributed by atoms with Crippen LogP contribution < -0.4 is 0 Å². The predicted octanol–water partition coefficient (Wildman–Crippen LogP) is 4.17. The minimum absolute atomic E-state index is 0.647. The maximum absolute atomic E-state index is 6.57. The predicted molar refractivity (Wildman–Crippen MR) is 98.6 cm³/mol. The molecule has 6 heteroatoms. The fraction of sp³-hybridized carbons (Fsp3) is 0.211. The number of H-pyrrole nitrogens is 1. The van der Waals surface area contributed by atoms with Crippen molar-refractivity contribution >= 4 is 22.6 Å². The lowest BCUT2D eigenvalue weighted by Crippen LogP contribution is -1.93. The molecule has 1 N–H and O–H groups in total. The third kappa shape index (κ3) is 2.27. The molecule has 3 heterocycles. The zero-order chi connectivity index (χ0) is 17.0. The number of nitrogens with zero attached hydrogens (tertiary/aromatic N) is 4. The molecule has 1 aromatic carbocycles. The lowest BCUT2D eigenvalue weighted by atomic mass is 10.00. The highest BCUT2D eigenvalue weighted by Crippen LogP contribution is 2.37. The number of aromatic amines is 1. The van der Waals surface area contributed by atoms with Crippen molar-refractivity contribution in [2.75, 3.05) is 0 Å². The standard InChI is InChI=1S/C19H16ClN5/c1-25-10-12(9-21-25)17-19-16(23-24-17)8-15(20)18(22-19)14-7-3-5-11-4-2-6-13(11)14/h3,5,7-10H,2,4,6H2,1H3,(H,23,24). The molecule has 1 aliphatic rings. The fourth-order valence-electron chi connectivity index (χ4n) is 3.70. The SMILES string of the molecule is Cn1cc(-c2n[nH]c3cc(Cl)c(-c4cccc5c4CCC5)nc23)cn1. The van der Waals surface area contributed by atoms with Crippen LogP contribution in [0, 0.1) is 0 Å². The molecule has 3 aromatic heterocycles. The third-order valence-electron chi connectivity index (χ3n) is 4.87. The molecule has 0 saturated heterocycles. The Morgan fingerprint density at radius 3 is 2.96 bits per heavy atom. The molecule has 25 heavy (non-hydrogen) atoms. The Hall–Kier alpha value is -2.66. The second-order valence-corrected chi connectivity index (χ2v) is 6.89. The van der Waals surface area contributed by atoms with Crippen LogP contribution in [-0.4, -0.2) is 25.0 Å². The second kappa shape index (κ2) is 5.43. The highest BCUT2D eigenvalue weighted by molar-refractivity contribution is 6.33. The van der Waals surface area contributed by atoms with E-state index in [-0.39, 0.29) is 0 Å². The zero-order valence-corrected chi connectivity index (χ0v) is 14.5. The van der Waals surface area contributed by atoms with Crippen LogP contribution in [0.25, 0.3) is 33.5 Å². The summed E-state index contributed by atoms with van der Waals surface area (Å²) in [5, 5.41) is 12.3. The van der Waals surface area contributed by atoms with Crippen molar-refractivity contribution in [3.63, 3.8) is 0 Å². The summed E-state index contributed by atoms with van der Waals surface area (Å²) < 4.78 is 1.76. The average molecular weight is 350 g/mol. The van der Waals surface area contributed by atoms with Crippen molar-refractivity contribution in [1.82, 2.24) is 25.0 Å². The number of hydrogen-bond donors (Lipinski definition) is 1. The summed E-state index contributed by atoms with van der Waals surface area (Å²) in [5.74, 6) is 0. The maximum atomic E-state index is 6.57. The number of nitrogens with one attached hydrogen (secondary N) is 1. The first kappa shape index (κ1) is 14.7. The first-order valence-corrected chi connectivity index (χ1v) is 8.73. The van der Waals surface area contributed by atoms with E-state index in [0.29, 0.717) is 5.02 Å². The maximum Gasteiger partial charge on any atom is 0.122 e. The molecule has 0 amide bonds. The molecular weight excluding hydrogens is 334 g/mol. The molecule has 0 bridgehead atoms. The molecule has 0 saturated carbocycles. The van der Waals surface area contributed by atoms with E-state index >= 15 is 0 Å². The molecule has 0 fully saturated rings. The fourth-order valence-corrected chi connectivity index (χ4v) is 3.95. The van der Waals surface area contributed by atoms with Gasteiger partial charge in [-0.15, -0.1) is 0 Å². The van der Waals surface area contributed by atoms with Crippen molar-refractivity contribution in [2.45, 2.75) is 19.3 Å². The summed E-state index contributed by atoms with van der Waals surface area (Å²) in [7, 11) is 1.89. The van der Waals surface area contributed by atoms with Gasteiger partial charge < -0.3 is 0 Å². The van der Waals surface area contributed by atoms with Crippen molar-refractivity contribution in [3.8, 4) is 22.5 Å². The van der Waals surface area contributed by atoms with Gasteiger partial charge in [0.05, 0.1) is 22.4 Å². The summed E-state index contributed by atoms with van der Waals surface area (Å²) in [5.41, 5.74) is 8.15. The largest absolute Gasteiger partial charge is 0.275 e. The number of pyridine rings is 1. The number of halogens is 1. The molecule has 0 atom stereocenters. The quantitative estimate of drug-likeness (QED) is 0.591. The molecule has 0 spiro atoms. The summed E-state index contributed by atoms with van der Waals surface area (Å²) in [6.45, 7) is 0. The van der Waals surface area contributed by atoms with E-state index in [4.69, 9.17) is 16.6 Å². The third-order valence-corrected chi connectivity index (χ3v) is 5.16. The lowest BCUT2D eigenvalue weighted by molar-refractivity contribution is 0.768. The number of benzene rings is 1. The molecule has 5 nitrogen and oxygen atoms in total. The van der Waals surface area contributed by atoms with E-state index in [0.717, 1.165) is 46.4 Å². The number of aromatic nitrogens is 5. The van der Waals surface area contributed by atoms with Crippen molar-refractivity contribution in [2.24, 2.45) is 7.05 Å². The van der Waals surface area contributed by atoms with Crippen LogP contribution in [0.15, 0.2) is 36.7 Å². The lowest BCUT2D eigenvalue weighted by Gasteiger charge is -2.10. The molecule has 1 aliphatic carbocycles. The van der Waals surface area contributed by atoms with Gasteiger partial charge in [-0.3, -0.25) is 9.78 Å². The Morgan fingerprint density at radius 2 is 2.12 bits per heavy atom. The summed E-state index contributed by atoms with van der Waals surface area (Å²) in [6.07, 6.45) is 7.15. The Balaban J connectivity index is 1.75. The van der Waals surface area contributed by atoms with Gasteiger partial charge in [-0.05, 0) is 36.5 Å². The van der Waals surface area contributed by atoms with Crippen LogP contribution in [0.1, 0.15) is 17.5 Å². The van der Waals surface area contributed by atoms with E-state index in [9.17, 15) is 0 Å². The van der Waals surface area contributed by atoms with Gasteiger partial charge in [0.25, 0.3) is 0 Å². The van der Waals surface area contributed by atoms with Crippen molar-refractivity contribution in [3.05, 3.63) is 52.8 Å². The minimum atomic E-state index is 0.647. The van der Waals surface area contributed by atoms with Crippen LogP contribution in [-0.2, 0) is 19.9 Å². The first-order chi connectivity index (χ1) is 12.2. The van der Waals surface area contributed by atoms with Crippen LogP contribution >= 0.6 is 11.6 Å². The summed E-state index contributed by atoms with van der Waals surface area (Å²) >= 11 is 6.57. The number of hydrogen-bond acceptors (Lipinski definition) is 3. The van der Waals surface area contributed by atoms with E-state index in [1.54, 1.807) is 10.9 Å². The summed E-state index contributed by atoms with van der Waals surface area (Å²) in [6, 6.07) is 8.34. The second-order valence-electron chi connectivity index (χ2n) is 6.49. The minimum Gasteiger partial charge on any atom is -0.275 e. The molecule has 0 radical (unpaired) electrons. The molecule has 0 aliphatic heterocycles. The average Bonchev–Trinajstić information content (AvgIpc) is 3.32. The molecule has 124 valence electrons. The van der Waals surface area contributed by atoms with Gasteiger partial charge >= 0.3 is 0 Å². The monoisotopic (exact) mass is 349 g/mol. The smallest absolute Gasteiger partial charge is 0.122 e. The summed E-state index contributed by atoms with van der Waals surface area (Å²) in [4.78, 5) is 4.91. The van der Waals surface area contributed by atoms with E-state index in [1.807, 2.05) is 19.3 Å².